The highest BCUT2D eigenvalue weighted by Crippen LogP contribution is 2.19. The summed E-state index contributed by atoms with van der Waals surface area (Å²) in [4.78, 5) is 24.5. The molecule has 0 atom stereocenters. The van der Waals surface area contributed by atoms with Crippen LogP contribution in [-0.4, -0.2) is 51.5 Å². The first-order valence-corrected chi connectivity index (χ1v) is 13.3. The predicted molar refractivity (Wildman–Crippen MR) is 146 cm³/mol. The number of nitrogens with one attached hydrogen (secondary N) is 2. The van der Waals surface area contributed by atoms with Crippen LogP contribution in [0.1, 0.15) is 58.8 Å². The van der Waals surface area contributed by atoms with E-state index in [9.17, 15) is 9.59 Å². The highest BCUT2D eigenvalue weighted by Gasteiger charge is 2.06. The van der Waals surface area contributed by atoms with Crippen LogP contribution in [0.2, 0.25) is 0 Å². The van der Waals surface area contributed by atoms with Crippen molar-refractivity contribution in [1.82, 2.24) is 0 Å². The van der Waals surface area contributed by atoms with Gasteiger partial charge in [0, 0.05) is 49.6 Å². The molecular weight excluding hydrogens is 472 g/mol. The van der Waals surface area contributed by atoms with Gasteiger partial charge in [-0.05, 0) is 51.0 Å². The first kappa shape index (κ1) is 30.1. The lowest BCUT2D eigenvalue weighted by Crippen LogP contribution is -2.12. The minimum Gasteiger partial charge on any atom is -0.491 e. The Morgan fingerprint density at radius 1 is 0.622 bits per heavy atom. The van der Waals surface area contributed by atoms with Crippen molar-refractivity contribution in [2.45, 2.75) is 58.8 Å². The fourth-order valence-corrected chi connectivity index (χ4v) is 3.60. The molecule has 2 aromatic carbocycles. The third kappa shape index (κ3) is 14.3. The number of hydrogen-bond acceptors (Lipinski definition) is 6. The van der Waals surface area contributed by atoms with E-state index in [-0.39, 0.29) is 11.8 Å². The maximum absolute atomic E-state index is 12.2. The van der Waals surface area contributed by atoms with Crippen LogP contribution in [0.25, 0.3) is 0 Å². The van der Waals surface area contributed by atoms with Gasteiger partial charge in [0.1, 0.15) is 24.7 Å². The molecule has 2 amide bonds. The van der Waals surface area contributed by atoms with Crippen LogP contribution in [0.5, 0.6) is 11.5 Å². The number of carbonyl (C=O) groups is 2. The summed E-state index contributed by atoms with van der Waals surface area (Å²) in [5.74, 6) is 1.41. The van der Waals surface area contributed by atoms with Gasteiger partial charge in [0.15, 0.2) is 0 Å². The maximum atomic E-state index is 12.2. The molecule has 0 aromatic heterocycles. The lowest BCUT2D eigenvalue weighted by molar-refractivity contribution is -0.117. The smallest absolute Gasteiger partial charge is 0.224 e. The molecule has 0 radical (unpaired) electrons. The molecule has 8 heteroatoms. The minimum atomic E-state index is -0.00468. The van der Waals surface area contributed by atoms with Crippen LogP contribution in [0.15, 0.2) is 48.5 Å². The van der Waals surface area contributed by atoms with Crippen LogP contribution < -0.4 is 20.1 Å². The van der Waals surface area contributed by atoms with E-state index in [0.717, 1.165) is 43.5 Å². The fourth-order valence-electron chi connectivity index (χ4n) is 3.60. The van der Waals surface area contributed by atoms with Gasteiger partial charge < -0.3 is 29.6 Å². The quantitative estimate of drug-likeness (QED) is 0.216. The van der Waals surface area contributed by atoms with Gasteiger partial charge in [-0.15, -0.1) is 0 Å². The second kappa shape index (κ2) is 19.1. The topological polar surface area (TPSA) is 95.1 Å². The molecule has 37 heavy (non-hydrogen) atoms. The Balaban J connectivity index is 1.53. The zero-order chi connectivity index (χ0) is 26.6. The average molecular weight is 515 g/mol. The van der Waals surface area contributed by atoms with E-state index in [1.807, 2.05) is 62.4 Å². The van der Waals surface area contributed by atoms with Gasteiger partial charge in [0.25, 0.3) is 0 Å². The number of anilines is 2. The summed E-state index contributed by atoms with van der Waals surface area (Å²) in [6, 6.07) is 14.8. The monoisotopic (exact) mass is 514 g/mol. The number of carbonyl (C=O) groups excluding carboxylic acids is 2. The van der Waals surface area contributed by atoms with Crippen molar-refractivity contribution in [3.05, 3.63) is 48.5 Å². The van der Waals surface area contributed by atoms with E-state index >= 15 is 0 Å². The summed E-state index contributed by atoms with van der Waals surface area (Å²) in [7, 11) is 0. The molecule has 0 saturated carbocycles. The Morgan fingerprint density at radius 2 is 1.05 bits per heavy atom. The molecule has 2 aromatic rings. The summed E-state index contributed by atoms with van der Waals surface area (Å²) >= 11 is 0. The van der Waals surface area contributed by atoms with Crippen molar-refractivity contribution in [3.8, 4) is 11.5 Å². The zero-order valence-corrected chi connectivity index (χ0v) is 22.3. The molecule has 0 fully saturated rings. The van der Waals surface area contributed by atoms with Gasteiger partial charge in [-0.1, -0.05) is 31.4 Å². The van der Waals surface area contributed by atoms with Gasteiger partial charge >= 0.3 is 0 Å². The van der Waals surface area contributed by atoms with Crippen molar-refractivity contribution in [2.75, 3.05) is 50.3 Å². The lowest BCUT2D eigenvalue weighted by atomic mass is 10.1. The number of rotatable bonds is 20. The Bertz CT molecular complexity index is 847. The van der Waals surface area contributed by atoms with Gasteiger partial charge in [-0.2, -0.15) is 0 Å². The van der Waals surface area contributed by atoms with Crippen LogP contribution in [0.3, 0.4) is 0 Å². The first-order valence-electron chi connectivity index (χ1n) is 13.3. The standard InChI is InChI=1S/C29H42N2O6/c1-3-34-18-20-36-26-14-10-12-24(22-26)30-28(32)16-8-6-5-7-9-17-29(33)31-25-13-11-15-27(23-25)37-21-19-35-4-2/h10-15,22-23H,3-9,16-21H2,1-2H3,(H,30,32)(H,31,33). The van der Waals surface area contributed by atoms with Gasteiger partial charge in [-0.25, -0.2) is 0 Å². The van der Waals surface area contributed by atoms with Crippen LogP contribution in [0.4, 0.5) is 11.4 Å². The third-order valence-electron chi connectivity index (χ3n) is 5.44. The number of ether oxygens (including phenoxy) is 4. The summed E-state index contributed by atoms with van der Waals surface area (Å²) in [5.41, 5.74) is 1.46. The van der Waals surface area contributed by atoms with Crippen molar-refractivity contribution >= 4 is 23.2 Å². The molecular formula is C29H42N2O6. The molecule has 0 spiro atoms. The molecule has 0 aliphatic carbocycles. The number of benzene rings is 2. The van der Waals surface area contributed by atoms with Crippen molar-refractivity contribution < 1.29 is 28.5 Å². The van der Waals surface area contributed by atoms with E-state index in [4.69, 9.17) is 18.9 Å². The molecule has 2 N–H and O–H groups in total. The van der Waals surface area contributed by atoms with Crippen LogP contribution in [-0.2, 0) is 19.1 Å². The second-order valence-electron chi connectivity index (χ2n) is 8.51. The van der Waals surface area contributed by atoms with Crippen molar-refractivity contribution in [3.63, 3.8) is 0 Å². The van der Waals surface area contributed by atoms with Gasteiger partial charge in [-0.3, -0.25) is 9.59 Å². The normalized spacial score (nSPS) is 10.6. The third-order valence-corrected chi connectivity index (χ3v) is 5.44. The largest absolute Gasteiger partial charge is 0.491 e. The zero-order valence-electron chi connectivity index (χ0n) is 22.3. The van der Waals surface area contributed by atoms with Gasteiger partial charge in [0.2, 0.25) is 11.8 Å². The molecule has 0 heterocycles. The summed E-state index contributed by atoms with van der Waals surface area (Å²) in [5, 5.41) is 5.85. The molecule has 0 bridgehead atoms. The van der Waals surface area contributed by atoms with E-state index in [1.54, 1.807) is 0 Å². The molecule has 0 saturated heterocycles. The van der Waals surface area contributed by atoms with Gasteiger partial charge in [0.05, 0.1) is 13.2 Å². The summed E-state index contributed by atoms with van der Waals surface area (Å²) < 4.78 is 21.8. The predicted octanol–water partition coefficient (Wildman–Crippen LogP) is 5.83. The lowest BCUT2D eigenvalue weighted by Gasteiger charge is -2.10. The Kier molecular flexibility index (Phi) is 15.5. The molecule has 2 rings (SSSR count). The fraction of sp³-hybridized carbons (Fsp3) is 0.517. The maximum Gasteiger partial charge on any atom is 0.224 e. The van der Waals surface area contributed by atoms with Crippen LogP contribution >= 0.6 is 0 Å². The number of hydrogen-bond donors (Lipinski definition) is 2. The SMILES string of the molecule is CCOCCOc1cccc(NC(=O)CCCCCCCC(=O)Nc2cccc(OCCOCC)c2)c1. The summed E-state index contributed by atoms with van der Waals surface area (Å²) in [6.07, 6.45) is 5.48. The van der Waals surface area contributed by atoms with E-state index in [2.05, 4.69) is 10.6 Å². The Hall–Kier alpha value is -3.10. The Labute approximate surface area is 221 Å². The minimum absolute atomic E-state index is 0.00468. The van der Waals surface area contributed by atoms with E-state index in [1.165, 1.54) is 0 Å². The van der Waals surface area contributed by atoms with Crippen molar-refractivity contribution in [2.24, 2.45) is 0 Å². The van der Waals surface area contributed by atoms with E-state index in [0.29, 0.717) is 64.0 Å². The molecule has 8 nitrogen and oxygen atoms in total. The average Bonchev–Trinajstić information content (AvgIpc) is 2.89. The molecule has 0 aliphatic heterocycles. The number of amides is 2. The van der Waals surface area contributed by atoms with E-state index < -0.39 is 0 Å². The van der Waals surface area contributed by atoms with Crippen LogP contribution in [0, 0.1) is 0 Å². The molecule has 0 unspecified atom stereocenters. The highest BCUT2D eigenvalue weighted by atomic mass is 16.5. The number of unbranched alkanes of at least 4 members (excludes halogenated alkanes) is 4. The highest BCUT2D eigenvalue weighted by molar-refractivity contribution is 5.91. The molecule has 0 aliphatic rings. The summed E-state index contributed by atoms with van der Waals surface area (Å²) in [6.45, 7) is 7.24. The Morgan fingerprint density at radius 3 is 1.49 bits per heavy atom. The first-order chi connectivity index (χ1) is 18.1. The molecule has 204 valence electrons. The van der Waals surface area contributed by atoms with Crippen molar-refractivity contribution in [1.29, 1.82) is 0 Å². The second-order valence-corrected chi connectivity index (χ2v) is 8.51.